The van der Waals surface area contributed by atoms with Gasteiger partial charge in [-0.15, -0.1) is 24.8 Å². The number of carbonyl (C=O) groups excluding carboxylic acids is 2. The topological polar surface area (TPSA) is 168 Å². The average Bonchev–Trinajstić information content (AvgIpc) is 3.48. The van der Waals surface area contributed by atoms with Crippen molar-refractivity contribution < 1.29 is 24.5 Å². The second-order valence-corrected chi connectivity index (χ2v) is 8.44. The van der Waals surface area contributed by atoms with Gasteiger partial charge in [0.15, 0.2) is 0 Å². The van der Waals surface area contributed by atoms with Gasteiger partial charge in [0.25, 0.3) is 0 Å². The van der Waals surface area contributed by atoms with Gasteiger partial charge in [-0.2, -0.15) is 0 Å². The Bertz CT molecular complexity index is 1460. The van der Waals surface area contributed by atoms with E-state index in [1.807, 2.05) is 24.5 Å². The first kappa shape index (κ1) is 31.4. The molecule has 0 saturated carbocycles. The molecule has 0 saturated heterocycles. The Hall–Kier alpha value is -3.86. The quantitative estimate of drug-likeness (QED) is 0.161. The van der Waals surface area contributed by atoms with E-state index in [0.29, 0.717) is 37.4 Å². The molecule has 0 unspecified atom stereocenters. The van der Waals surface area contributed by atoms with E-state index in [-0.39, 0.29) is 41.4 Å². The zero-order chi connectivity index (χ0) is 25.1. The molecule has 0 fully saturated rings. The highest BCUT2D eigenvalue weighted by atomic mass is 35.5. The van der Waals surface area contributed by atoms with Crippen molar-refractivity contribution in [3.8, 4) is 11.5 Å². The maximum Gasteiger partial charge on any atom is 0.344 e. The minimum absolute atomic E-state index is 0. The lowest BCUT2D eigenvalue weighted by Crippen LogP contribution is -2.17. The van der Waals surface area contributed by atoms with Gasteiger partial charge in [-0.05, 0) is 85.6 Å². The highest BCUT2D eigenvalue weighted by Gasteiger charge is 2.21. The van der Waals surface area contributed by atoms with E-state index in [2.05, 4.69) is 9.97 Å². The molecule has 2 heterocycles. The van der Waals surface area contributed by atoms with Crippen LogP contribution in [0.25, 0.3) is 21.8 Å². The first-order chi connectivity index (χ1) is 17.6. The standard InChI is InChI=1S/C28H26N4O4.2ClH.H2O/c29-11-9-17-15-31-25-7-5-19(13-23(17)25)35-27(33)21-3-1-2-4-22(21)28(34)36-20-6-8-26-24(14-20)18(10-12-30)16-32-26;;;/h1-8,13-16,31-32H,9-12,29-30H2;2*1H;1H2. The van der Waals surface area contributed by atoms with Crippen LogP contribution in [0.5, 0.6) is 11.5 Å². The minimum atomic E-state index is -0.649. The number of H-pyrrole nitrogens is 2. The van der Waals surface area contributed by atoms with Crippen molar-refractivity contribution in [3.05, 3.63) is 95.3 Å². The molecule has 0 atom stereocenters. The number of hydrogen-bond donors (Lipinski definition) is 4. The van der Waals surface area contributed by atoms with E-state index in [9.17, 15) is 9.59 Å². The SMILES string of the molecule is Cl.Cl.NCCc1c[nH]c2ccc(OC(=O)c3ccccc3C(=O)Oc3ccc4[nH]cc(CCN)c4c3)cc12.O. The van der Waals surface area contributed by atoms with Crippen molar-refractivity contribution in [1.82, 2.24) is 9.97 Å². The molecule has 0 aliphatic heterocycles. The van der Waals surface area contributed by atoms with Crippen molar-refractivity contribution in [2.45, 2.75) is 12.8 Å². The van der Waals surface area contributed by atoms with Crippen molar-refractivity contribution in [1.29, 1.82) is 0 Å². The smallest absolute Gasteiger partial charge is 0.344 e. The lowest BCUT2D eigenvalue weighted by Gasteiger charge is -2.10. The van der Waals surface area contributed by atoms with Crippen LogP contribution in [0, 0.1) is 0 Å². The van der Waals surface area contributed by atoms with E-state index >= 15 is 0 Å². The summed E-state index contributed by atoms with van der Waals surface area (Å²) in [6, 6.07) is 17.1. The third kappa shape index (κ3) is 6.59. The first-order valence-corrected chi connectivity index (χ1v) is 11.7. The van der Waals surface area contributed by atoms with Gasteiger partial charge >= 0.3 is 11.9 Å². The van der Waals surface area contributed by atoms with Gasteiger partial charge in [0.05, 0.1) is 11.1 Å². The molecule has 3 aromatic carbocycles. The number of halogens is 2. The fourth-order valence-electron chi connectivity index (χ4n) is 4.33. The summed E-state index contributed by atoms with van der Waals surface area (Å²) in [7, 11) is 0. The van der Waals surface area contributed by atoms with Crippen LogP contribution in [0.2, 0.25) is 0 Å². The number of hydrogen-bond acceptors (Lipinski definition) is 6. The number of nitrogens with one attached hydrogen (secondary N) is 2. The molecule has 0 spiro atoms. The molecule has 0 radical (unpaired) electrons. The number of carbonyl (C=O) groups is 2. The molecule has 0 amide bonds. The second kappa shape index (κ2) is 13.8. The lowest BCUT2D eigenvalue weighted by molar-refractivity contribution is 0.0692. The van der Waals surface area contributed by atoms with Crippen LogP contribution in [-0.2, 0) is 12.8 Å². The van der Waals surface area contributed by atoms with Gasteiger partial charge in [0, 0.05) is 34.2 Å². The molecule has 0 aliphatic carbocycles. The molecule has 39 heavy (non-hydrogen) atoms. The normalized spacial score (nSPS) is 10.3. The summed E-state index contributed by atoms with van der Waals surface area (Å²) >= 11 is 0. The fraction of sp³-hybridized carbons (Fsp3) is 0.143. The zero-order valence-electron chi connectivity index (χ0n) is 20.9. The van der Waals surface area contributed by atoms with Crippen LogP contribution < -0.4 is 20.9 Å². The van der Waals surface area contributed by atoms with Crippen molar-refractivity contribution in [3.63, 3.8) is 0 Å². The summed E-state index contributed by atoms with van der Waals surface area (Å²) in [5.74, 6) is -0.550. The summed E-state index contributed by atoms with van der Waals surface area (Å²) in [5.41, 5.74) is 15.6. The van der Waals surface area contributed by atoms with Crippen LogP contribution in [0.15, 0.2) is 73.1 Å². The van der Waals surface area contributed by atoms with E-state index in [1.54, 1.807) is 48.5 Å². The van der Waals surface area contributed by atoms with Gasteiger partial charge in [-0.25, -0.2) is 9.59 Å². The van der Waals surface area contributed by atoms with Gasteiger partial charge in [0.2, 0.25) is 0 Å². The molecular weight excluding hydrogens is 543 g/mol. The molecular formula is C28H30Cl2N4O5. The summed E-state index contributed by atoms with van der Waals surface area (Å²) in [6.45, 7) is 1.02. The van der Waals surface area contributed by atoms with Gasteiger partial charge < -0.3 is 36.4 Å². The minimum Gasteiger partial charge on any atom is -0.423 e. The molecule has 5 aromatic rings. The molecule has 11 heteroatoms. The van der Waals surface area contributed by atoms with Crippen LogP contribution >= 0.6 is 24.8 Å². The largest absolute Gasteiger partial charge is 0.423 e. The predicted molar refractivity (Wildman–Crippen MR) is 157 cm³/mol. The van der Waals surface area contributed by atoms with Gasteiger partial charge in [0.1, 0.15) is 11.5 Å². The Labute approximate surface area is 237 Å². The van der Waals surface area contributed by atoms with E-state index in [0.717, 1.165) is 32.9 Å². The molecule has 0 bridgehead atoms. The Morgan fingerprint density at radius 2 is 1.08 bits per heavy atom. The van der Waals surface area contributed by atoms with Crippen LogP contribution in [0.4, 0.5) is 0 Å². The number of aromatic amines is 2. The molecule has 5 rings (SSSR count). The Morgan fingerprint density at radius 1 is 0.667 bits per heavy atom. The zero-order valence-corrected chi connectivity index (χ0v) is 22.5. The predicted octanol–water partition coefficient (Wildman–Crippen LogP) is 4.11. The molecule has 0 aliphatic rings. The number of rotatable bonds is 8. The second-order valence-electron chi connectivity index (χ2n) is 8.44. The van der Waals surface area contributed by atoms with Gasteiger partial charge in [-0.1, -0.05) is 12.1 Å². The van der Waals surface area contributed by atoms with Crippen LogP contribution in [0.3, 0.4) is 0 Å². The summed E-state index contributed by atoms with van der Waals surface area (Å²) in [6.07, 6.45) is 5.21. The van der Waals surface area contributed by atoms with E-state index in [4.69, 9.17) is 20.9 Å². The number of ether oxygens (including phenoxy) is 2. The summed E-state index contributed by atoms with van der Waals surface area (Å²) in [5, 5.41) is 1.88. The van der Waals surface area contributed by atoms with Crippen LogP contribution in [-0.4, -0.2) is 40.5 Å². The van der Waals surface area contributed by atoms with Gasteiger partial charge in [-0.3, -0.25) is 0 Å². The molecule has 9 nitrogen and oxygen atoms in total. The van der Waals surface area contributed by atoms with Crippen LogP contribution in [0.1, 0.15) is 31.8 Å². The fourth-order valence-corrected chi connectivity index (χ4v) is 4.33. The van der Waals surface area contributed by atoms with Crippen molar-refractivity contribution >= 4 is 58.6 Å². The highest BCUT2D eigenvalue weighted by Crippen LogP contribution is 2.27. The van der Waals surface area contributed by atoms with Crippen molar-refractivity contribution in [2.24, 2.45) is 11.5 Å². The Balaban J connectivity index is 0.00000178. The Morgan fingerprint density at radius 3 is 1.46 bits per heavy atom. The molecule has 206 valence electrons. The van der Waals surface area contributed by atoms with Crippen molar-refractivity contribution in [2.75, 3.05) is 13.1 Å². The molecule has 8 N–H and O–H groups in total. The monoisotopic (exact) mass is 572 g/mol. The number of esters is 2. The maximum atomic E-state index is 13.1. The third-order valence-electron chi connectivity index (χ3n) is 6.09. The molecule has 2 aromatic heterocycles. The highest BCUT2D eigenvalue weighted by molar-refractivity contribution is 6.04. The lowest BCUT2D eigenvalue weighted by atomic mass is 10.1. The number of aromatic nitrogens is 2. The summed E-state index contributed by atoms with van der Waals surface area (Å²) in [4.78, 5) is 32.5. The summed E-state index contributed by atoms with van der Waals surface area (Å²) < 4.78 is 11.3. The average molecular weight is 573 g/mol. The number of fused-ring (bicyclic) bond motifs is 2. The van der Waals surface area contributed by atoms with E-state index < -0.39 is 11.9 Å². The third-order valence-corrected chi connectivity index (χ3v) is 6.09. The number of nitrogens with two attached hydrogens (primary N) is 2. The maximum absolute atomic E-state index is 13.1. The first-order valence-electron chi connectivity index (χ1n) is 11.7. The number of benzene rings is 3. The Kier molecular flexibility index (Phi) is 11.1. The van der Waals surface area contributed by atoms with E-state index in [1.165, 1.54) is 0 Å².